The summed E-state index contributed by atoms with van der Waals surface area (Å²) in [4.78, 5) is 4.42. The first-order valence-corrected chi connectivity index (χ1v) is 5.01. The largest absolute Gasteiger partial charge is 0.247 e. The van der Waals surface area contributed by atoms with E-state index < -0.39 is 0 Å². The van der Waals surface area contributed by atoms with Crippen LogP contribution in [-0.2, 0) is 6.42 Å². The molecule has 0 aliphatic rings. The summed E-state index contributed by atoms with van der Waals surface area (Å²) in [7, 11) is 0. The molecule has 0 saturated carbocycles. The standard InChI is InChI=1S/C9H15NS/c1-4-7(2)5-9-6-11-8(3)10-9/h6-7H,4-5H2,1-3H3. The van der Waals surface area contributed by atoms with Gasteiger partial charge in [-0.15, -0.1) is 11.3 Å². The first-order valence-electron chi connectivity index (χ1n) is 4.13. The minimum atomic E-state index is 0.775. The van der Waals surface area contributed by atoms with E-state index in [2.05, 4.69) is 31.1 Å². The van der Waals surface area contributed by atoms with Crippen molar-refractivity contribution in [2.75, 3.05) is 0 Å². The van der Waals surface area contributed by atoms with Crippen molar-refractivity contribution < 1.29 is 0 Å². The summed E-state index contributed by atoms with van der Waals surface area (Å²) in [5.74, 6) is 0.775. The van der Waals surface area contributed by atoms with E-state index in [0.29, 0.717) is 0 Å². The normalized spacial score (nSPS) is 13.4. The highest BCUT2D eigenvalue weighted by atomic mass is 32.1. The lowest BCUT2D eigenvalue weighted by Gasteiger charge is -2.03. The molecule has 1 atom stereocenters. The van der Waals surface area contributed by atoms with Crippen molar-refractivity contribution in [3.05, 3.63) is 16.1 Å². The topological polar surface area (TPSA) is 12.9 Å². The number of nitrogens with zero attached hydrogens (tertiary/aromatic N) is 1. The van der Waals surface area contributed by atoms with Crippen molar-refractivity contribution in [1.29, 1.82) is 0 Å². The molecule has 1 aromatic heterocycles. The highest BCUT2D eigenvalue weighted by Crippen LogP contribution is 2.13. The fraction of sp³-hybridized carbons (Fsp3) is 0.667. The van der Waals surface area contributed by atoms with Gasteiger partial charge in [-0.25, -0.2) is 4.98 Å². The molecule has 0 spiro atoms. The van der Waals surface area contributed by atoms with Crippen LogP contribution in [0.5, 0.6) is 0 Å². The molecule has 0 aliphatic heterocycles. The molecule has 0 N–H and O–H groups in total. The summed E-state index contributed by atoms with van der Waals surface area (Å²) in [6, 6.07) is 0. The van der Waals surface area contributed by atoms with Gasteiger partial charge in [0.2, 0.25) is 0 Å². The first-order chi connectivity index (χ1) is 5.22. The second kappa shape index (κ2) is 3.86. The second-order valence-electron chi connectivity index (χ2n) is 3.08. The molecule has 2 heteroatoms. The van der Waals surface area contributed by atoms with Gasteiger partial charge in [-0.3, -0.25) is 0 Å². The molecule has 1 heterocycles. The number of aromatic nitrogens is 1. The molecule has 0 fully saturated rings. The minimum absolute atomic E-state index is 0.775. The van der Waals surface area contributed by atoms with Gasteiger partial charge in [0, 0.05) is 5.38 Å². The molecule has 0 saturated heterocycles. The molecular weight excluding hydrogens is 154 g/mol. The molecule has 11 heavy (non-hydrogen) atoms. The van der Waals surface area contributed by atoms with Crippen molar-refractivity contribution in [2.24, 2.45) is 5.92 Å². The molecule has 1 unspecified atom stereocenters. The summed E-state index contributed by atoms with van der Waals surface area (Å²) in [6.45, 7) is 6.56. The Balaban J connectivity index is 2.50. The number of hydrogen-bond acceptors (Lipinski definition) is 2. The Bertz CT molecular complexity index is 217. The second-order valence-corrected chi connectivity index (χ2v) is 4.14. The van der Waals surface area contributed by atoms with E-state index in [1.165, 1.54) is 17.1 Å². The van der Waals surface area contributed by atoms with Crippen LogP contribution in [0, 0.1) is 12.8 Å². The van der Waals surface area contributed by atoms with Gasteiger partial charge in [0.15, 0.2) is 0 Å². The summed E-state index contributed by atoms with van der Waals surface area (Å²) in [6.07, 6.45) is 2.39. The average molecular weight is 169 g/mol. The summed E-state index contributed by atoms with van der Waals surface area (Å²) in [5, 5.41) is 3.35. The Morgan fingerprint density at radius 1 is 1.64 bits per heavy atom. The van der Waals surface area contributed by atoms with Crippen LogP contribution in [-0.4, -0.2) is 4.98 Å². The third kappa shape index (κ3) is 2.62. The van der Waals surface area contributed by atoms with Crippen LogP contribution in [0.2, 0.25) is 0 Å². The van der Waals surface area contributed by atoms with Gasteiger partial charge in [0.05, 0.1) is 10.7 Å². The van der Waals surface area contributed by atoms with Gasteiger partial charge >= 0.3 is 0 Å². The van der Waals surface area contributed by atoms with Gasteiger partial charge in [0.1, 0.15) is 0 Å². The molecule has 0 aromatic carbocycles. The van der Waals surface area contributed by atoms with E-state index in [4.69, 9.17) is 0 Å². The number of thiazole rings is 1. The molecule has 62 valence electrons. The van der Waals surface area contributed by atoms with Gasteiger partial charge in [-0.05, 0) is 19.3 Å². The van der Waals surface area contributed by atoms with E-state index >= 15 is 0 Å². The number of rotatable bonds is 3. The van der Waals surface area contributed by atoms with Crippen molar-refractivity contribution in [3.8, 4) is 0 Å². The highest BCUT2D eigenvalue weighted by Gasteiger charge is 2.03. The lowest BCUT2D eigenvalue weighted by molar-refractivity contribution is 0.554. The van der Waals surface area contributed by atoms with Crippen molar-refractivity contribution in [1.82, 2.24) is 4.98 Å². The smallest absolute Gasteiger partial charge is 0.0897 e. The van der Waals surface area contributed by atoms with Crippen LogP contribution >= 0.6 is 11.3 Å². The maximum Gasteiger partial charge on any atom is 0.0897 e. The van der Waals surface area contributed by atoms with Crippen LogP contribution in [0.1, 0.15) is 31.0 Å². The van der Waals surface area contributed by atoms with Crippen LogP contribution in [0.3, 0.4) is 0 Å². The van der Waals surface area contributed by atoms with Gasteiger partial charge in [-0.2, -0.15) is 0 Å². The molecule has 0 radical (unpaired) electrons. The molecule has 0 amide bonds. The predicted molar refractivity (Wildman–Crippen MR) is 50.0 cm³/mol. The summed E-state index contributed by atoms with van der Waals surface area (Å²) in [5.41, 5.74) is 1.27. The van der Waals surface area contributed by atoms with Crippen molar-refractivity contribution in [2.45, 2.75) is 33.6 Å². The van der Waals surface area contributed by atoms with E-state index in [0.717, 1.165) is 12.3 Å². The Kier molecular flexibility index (Phi) is 3.06. The van der Waals surface area contributed by atoms with Crippen molar-refractivity contribution >= 4 is 11.3 Å². The molecule has 0 bridgehead atoms. The lowest BCUT2D eigenvalue weighted by Crippen LogP contribution is -1.97. The average Bonchev–Trinajstić information content (AvgIpc) is 2.35. The number of aryl methyl sites for hydroxylation is 1. The molecule has 1 aromatic rings. The molecule has 1 rings (SSSR count). The highest BCUT2D eigenvalue weighted by molar-refractivity contribution is 7.09. The quantitative estimate of drug-likeness (QED) is 0.677. The Hall–Kier alpha value is -0.370. The lowest BCUT2D eigenvalue weighted by atomic mass is 10.0. The van der Waals surface area contributed by atoms with Crippen LogP contribution in [0.15, 0.2) is 5.38 Å². The zero-order valence-corrected chi connectivity index (χ0v) is 8.24. The SMILES string of the molecule is CCC(C)Cc1csc(C)n1. The minimum Gasteiger partial charge on any atom is -0.247 e. The molecule has 0 aliphatic carbocycles. The van der Waals surface area contributed by atoms with Crippen LogP contribution in [0.4, 0.5) is 0 Å². The summed E-state index contributed by atoms with van der Waals surface area (Å²) >= 11 is 1.75. The van der Waals surface area contributed by atoms with Crippen LogP contribution in [0.25, 0.3) is 0 Å². The third-order valence-corrected chi connectivity index (χ3v) is 2.74. The predicted octanol–water partition coefficient (Wildman–Crippen LogP) is 3.04. The van der Waals surface area contributed by atoms with Gasteiger partial charge in [-0.1, -0.05) is 20.3 Å². The maximum absolute atomic E-state index is 4.42. The van der Waals surface area contributed by atoms with E-state index in [1.54, 1.807) is 11.3 Å². The van der Waals surface area contributed by atoms with E-state index in [9.17, 15) is 0 Å². The van der Waals surface area contributed by atoms with Gasteiger partial charge in [0.25, 0.3) is 0 Å². The van der Waals surface area contributed by atoms with Crippen LogP contribution < -0.4 is 0 Å². The van der Waals surface area contributed by atoms with Gasteiger partial charge < -0.3 is 0 Å². The fourth-order valence-electron chi connectivity index (χ4n) is 1.00. The molecular formula is C9H15NS. The van der Waals surface area contributed by atoms with Crippen molar-refractivity contribution in [3.63, 3.8) is 0 Å². The Morgan fingerprint density at radius 3 is 2.82 bits per heavy atom. The van der Waals surface area contributed by atoms with E-state index in [1.807, 2.05) is 0 Å². The number of hydrogen-bond donors (Lipinski definition) is 0. The monoisotopic (exact) mass is 169 g/mol. The Morgan fingerprint density at radius 2 is 2.36 bits per heavy atom. The molecule has 1 nitrogen and oxygen atoms in total. The first kappa shape index (κ1) is 8.72. The summed E-state index contributed by atoms with van der Waals surface area (Å²) < 4.78 is 0. The third-order valence-electron chi connectivity index (χ3n) is 1.92. The fourth-order valence-corrected chi connectivity index (χ4v) is 1.63. The maximum atomic E-state index is 4.42. The zero-order valence-electron chi connectivity index (χ0n) is 7.42. The Labute approximate surface area is 72.5 Å². The zero-order chi connectivity index (χ0) is 8.27. The van der Waals surface area contributed by atoms with E-state index in [-0.39, 0.29) is 0 Å².